The van der Waals surface area contributed by atoms with Crippen molar-refractivity contribution in [2.75, 3.05) is 12.3 Å². The third-order valence-electron chi connectivity index (χ3n) is 3.63. The number of hydrogen-bond acceptors (Lipinski definition) is 3. The van der Waals surface area contributed by atoms with Crippen LogP contribution in [0.25, 0.3) is 0 Å². The molecule has 0 amide bonds. The molecule has 1 aliphatic heterocycles. The monoisotopic (exact) mass is 267 g/mol. The van der Waals surface area contributed by atoms with Crippen molar-refractivity contribution in [1.82, 2.24) is 5.32 Å². The number of aryl methyl sites for hydroxylation is 2. The lowest BCUT2D eigenvalue weighted by molar-refractivity contribution is 0.506. The van der Waals surface area contributed by atoms with Gasteiger partial charge in [0.15, 0.2) is 9.84 Å². The van der Waals surface area contributed by atoms with E-state index in [1.165, 1.54) is 0 Å². The Morgan fingerprint density at radius 1 is 1.28 bits per heavy atom. The summed E-state index contributed by atoms with van der Waals surface area (Å²) >= 11 is 0. The standard InChI is InChI=1S/C14H21NO2S/c1-4-15-12-6-5-9-18(16,17)14-11(3)8-7-10(2)13(12)14/h7-8,12,15H,4-6,9H2,1-3H3. The van der Waals surface area contributed by atoms with Gasteiger partial charge < -0.3 is 5.32 Å². The fourth-order valence-electron chi connectivity index (χ4n) is 2.83. The van der Waals surface area contributed by atoms with Crippen molar-refractivity contribution in [3.63, 3.8) is 0 Å². The average molecular weight is 267 g/mol. The fraction of sp³-hybridized carbons (Fsp3) is 0.571. The molecule has 0 spiro atoms. The maximum Gasteiger partial charge on any atom is 0.178 e. The van der Waals surface area contributed by atoms with Gasteiger partial charge in [0.25, 0.3) is 0 Å². The van der Waals surface area contributed by atoms with Gasteiger partial charge in [-0.25, -0.2) is 8.42 Å². The van der Waals surface area contributed by atoms with E-state index in [-0.39, 0.29) is 11.8 Å². The number of rotatable bonds is 2. The molecule has 0 aliphatic carbocycles. The molecule has 1 unspecified atom stereocenters. The van der Waals surface area contributed by atoms with Crippen LogP contribution in [0.2, 0.25) is 0 Å². The van der Waals surface area contributed by atoms with Crippen molar-refractivity contribution >= 4 is 9.84 Å². The number of fused-ring (bicyclic) bond motifs is 1. The Kier molecular flexibility index (Phi) is 3.78. The largest absolute Gasteiger partial charge is 0.310 e. The zero-order valence-electron chi connectivity index (χ0n) is 11.3. The smallest absolute Gasteiger partial charge is 0.178 e. The van der Waals surface area contributed by atoms with Crippen molar-refractivity contribution in [2.45, 2.75) is 44.6 Å². The van der Waals surface area contributed by atoms with Gasteiger partial charge in [0.2, 0.25) is 0 Å². The highest BCUT2D eigenvalue weighted by Gasteiger charge is 2.29. The van der Waals surface area contributed by atoms with E-state index < -0.39 is 9.84 Å². The summed E-state index contributed by atoms with van der Waals surface area (Å²) in [4.78, 5) is 0.575. The van der Waals surface area contributed by atoms with Crippen molar-refractivity contribution in [3.05, 3.63) is 28.8 Å². The molecule has 0 bridgehead atoms. The molecule has 1 N–H and O–H groups in total. The summed E-state index contributed by atoms with van der Waals surface area (Å²) in [6, 6.07) is 4.11. The van der Waals surface area contributed by atoms with E-state index in [4.69, 9.17) is 0 Å². The van der Waals surface area contributed by atoms with E-state index in [0.717, 1.165) is 36.1 Å². The second kappa shape index (κ2) is 5.02. The highest BCUT2D eigenvalue weighted by atomic mass is 32.2. The molecule has 1 heterocycles. The Hall–Kier alpha value is -0.870. The van der Waals surface area contributed by atoms with Gasteiger partial charge in [-0.05, 0) is 49.9 Å². The normalized spacial score (nSPS) is 22.3. The quantitative estimate of drug-likeness (QED) is 0.895. The van der Waals surface area contributed by atoms with Crippen LogP contribution in [0.5, 0.6) is 0 Å². The topological polar surface area (TPSA) is 46.2 Å². The van der Waals surface area contributed by atoms with Gasteiger partial charge in [0.05, 0.1) is 10.6 Å². The number of nitrogens with one attached hydrogen (secondary N) is 1. The number of hydrogen-bond donors (Lipinski definition) is 1. The molecule has 100 valence electrons. The molecule has 3 nitrogen and oxygen atoms in total. The summed E-state index contributed by atoms with van der Waals surface area (Å²) in [5, 5.41) is 3.42. The minimum Gasteiger partial charge on any atom is -0.310 e. The average Bonchev–Trinajstić information content (AvgIpc) is 2.42. The van der Waals surface area contributed by atoms with Crippen molar-refractivity contribution in [3.8, 4) is 0 Å². The minimum absolute atomic E-state index is 0.169. The first-order valence-corrected chi connectivity index (χ1v) is 8.19. The van der Waals surface area contributed by atoms with Gasteiger partial charge in [-0.2, -0.15) is 0 Å². The van der Waals surface area contributed by atoms with Gasteiger partial charge in [-0.15, -0.1) is 0 Å². The summed E-state index contributed by atoms with van der Waals surface area (Å²) in [6.07, 6.45) is 1.62. The predicted molar refractivity (Wildman–Crippen MR) is 73.6 cm³/mol. The Morgan fingerprint density at radius 3 is 2.61 bits per heavy atom. The lowest BCUT2D eigenvalue weighted by Gasteiger charge is -2.21. The molecule has 0 saturated heterocycles. The molecule has 2 rings (SSSR count). The molecular formula is C14H21NO2S. The van der Waals surface area contributed by atoms with Crippen LogP contribution in [-0.2, 0) is 9.84 Å². The molecule has 0 radical (unpaired) electrons. The summed E-state index contributed by atoms with van der Waals surface area (Å²) in [6.45, 7) is 6.81. The van der Waals surface area contributed by atoms with E-state index >= 15 is 0 Å². The van der Waals surface area contributed by atoms with Crippen LogP contribution in [0.4, 0.5) is 0 Å². The Morgan fingerprint density at radius 2 is 1.94 bits per heavy atom. The second-order valence-corrected chi connectivity index (χ2v) is 7.06. The molecule has 1 atom stereocenters. The number of sulfone groups is 1. The molecule has 0 fully saturated rings. The zero-order valence-corrected chi connectivity index (χ0v) is 12.1. The highest BCUT2D eigenvalue weighted by Crippen LogP contribution is 2.35. The van der Waals surface area contributed by atoms with Gasteiger partial charge in [0, 0.05) is 6.04 Å². The van der Waals surface area contributed by atoms with Crippen molar-refractivity contribution < 1.29 is 8.42 Å². The number of benzene rings is 1. The van der Waals surface area contributed by atoms with E-state index in [1.807, 2.05) is 26.0 Å². The van der Waals surface area contributed by atoms with Gasteiger partial charge in [-0.3, -0.25) is 0 Å². The molecule has 1 aromatic rings. The maximum atomic E-state index is 12.4. The molecule has 0 aromatic heterocycles. The first-order chi connectivity index (χ1) is 8.47. The first kappa shape index (κ1) is 13.6. The predicted octanol–water partition coefficient (Wildman–Crippen LogP) is 2.52. The third-order valence-corrected chi connectivity index (χ3v) is 5.62. The fourth-order valence-corrected chi connectivity index (χ4v) is 4.77. The molecule has 1 aromatic carbocycles. The van der Waals surface area contributed by atoms with Crippen LogP contribution >= 0.6 is 0 Å². The van der Waals surface area contributed by atoms with E-state index in [0.29, 0.717) is 4.90 Å². The summed E-state index contributed by atoms with van der Waals surface area (Å²) in [7, 11) is -3.12. The molecule has 18 heavy (non-hydrogen) atoms. The highest BCUT2D eigenvalue weighted by molar-refractivity contribution is 7.91. The minimum atomic E-state index is -3.12. The third kappa shape index (κ3) is 2.31. The van der Waals surface area contributed by atoms with Gasteiger partial charge in [-0.1, -0.05) is 19.1 Å². The van der Waals surface area contributed by atoms with E-state index in [2.05, 4.69) is 12.2 Å². The van der Waals surface area contributed by atoms with Crippen LogP contribution in [0.1, 0.15) is 42.5 Å². The van der Waals surface area contributed by atoms with Crippen LogP contribution in [0.15, 0.2) is 17.0 Å². The first-order valence-electron chi connectivity index (χ1n) is 6.53. The summed E-state index contributed by atoms with van der Waals surface area (Å²) in [5.41, 5.74) is 2.95. The lowest BCUT2D eigenvalue weighted by atomic mass is 9.96. The van der Waals surface area contributed by atoms with Gasteiger partial charge in [0.1, 0.15) is 0 Å². The van der Waals surface area contributed by atoms with Crippen molar-refractivity contribution in [2.24, 2.45) is 0 Å². The van der Waals surface area contributed by atoms with Crippen LogP contribution in [-0.4, -0.2) is 20.7 Å². The van der Waals surface area contributed by atoms with E-state index in [1.54, 1.807) is 0 Å². The van der Waals surface area contributed by atoms with E-state index in [9.17, 15) is 8.42 Å². The molecule has 0 saturated carbocycles. The zero-order chi connectivity index (χ0) is 13.3. The maximum absolute atomic E-state index is 12.4. The lowest BCUT2D eigenvalue weighted by Crippen LogP contribution is -2.22. The van der Waals surface area contributed by atoms with Crippen LogP contribution in [0, 0.1) is 13.8 Å². The Bertz CT molecular complexity index is 549. The Balaban J connectivity index is 2.70. The van der Waals surface area contributed by atoms with Crippen molar-refractivity contribution in [1.29, 1.82) is 0 Å². The molecular weight excluding hydrogens is 246 g/mol. The molecule has 1 aliphatic rings. The second-order valence-electron chi connectivity index (χ2n) is 5.01. The summed E-state index contributed by atoms with van der Waals surface area (Å²) in [5.74, 6) is 0.270. The van der Waals surface area contributed by atoms with Crippen LogP contribution in [0.3, 0.4) is 0 Å². The van der Waals surface area contributed by atoms with Gasteiger partial charge >= 0.3 is 0 Å². The Labute approximate surface area is 110 Å². The summed E-state index contributed by atoms with van der Waals surface area (Å²) < 4.78 is 24.8. The van der Waals surface area contributed by atoms with Crippen LogP contribution < -0.4 is 5.32 Å². The SMILES string of the molecule is CCNC1CCCS(=O)(=O)c2c(C)ccc(C)c21. The molecule has 4 heteroatoms.